The molecule has 0 spiro atoms. The third-order valence-corrected chi connectivity index (χ3v) is 3.67. The predicted molar refractivity (Wildman–Crippen MR) is 71.8 cm³/mol. The van der Waals surface area contributed by atoms with Crippen LogP contribution in [-0.4, -0.2) is 11.1 Å². The van der Waals surface area contributed by atoms with Gasteiger partial charge in [0, 0.05) is 5.56 Å². The first-order valence-electron chi connectivity index (χ1n) is 5.26. The van der Waals surface area contributed by atoms with Crippen molar-refractivity contribution < 1.29 is 14.6 Å². The Morgan fingerprint density at radius 2 is 2.22 bits per heavy atom. The van der Waals surface area contributed by atoms with Crippen LogP contribution in [0.5, 0.6) is 5.75 Å². The number of benzene rings is 1. The van der Waals surface area contributed by atoms with E-state index in [9.17, 15) is 4.79 Å². The van der Waals surface area contributed by atoms with Crippen molar-refractivity contribution in [3.8, 4) is 5.75 Å². The lowest BCUT2D eigenvalue weighted by atomic mass is 10.2. The Kier molecular flexibility index (Phi) is 3.89. The number of thiophene rings is 1. The Hall–Kier alpha value is -1.52. The van der Waals surface area contributed by atoms with E-state index in [1.54, 1.807) is 17.5 Å². The van der Waals surface area contributed by atoms with Gasteiger partial charge in [0.1, 0.15) is 17.2 Å². The molecule has 0 aliphatic rings. The van der Waals surface area contributed by atoms with Crippen LogP contribution in [0.15, 0.2) is 29.6 Å². The number of rotatable bonds is 4. The van der Waals surface area contributed by atoms with E-state index in [4.69, 9.17) is 21.4 Å². The second-order valence-electron chi connectivity index (χ2n) is 3.80. The molecule has 0 fully saturated rings. The van der Waals surface area contributed by atoms with Gasteiger partial charge in [0.25, 0.3) is 0 Å². The molecule has 0 amide bonds. The number of aromatic carboxylic acids is 1. The molecule has 94 valence electrons. The highest BCUT2D eigenvalue weighted by Gasteiger charge is 2.12. The first-order chi connectivity index (χ1) is 8.58. The number of hydrogen-bond donors (Lipinski definition) is 1. The minimum atomic E-state index is -0.932. The van der Waals surface area contributed by atoms with Gasteiger partial charge >= 0.3 is 5.97 Å². The Labute approximate surface area is 114 Å². The van der Waals surface area contributed by atoms with E-state index < -0.39 is 5.97 Å². The summed E-state index contributed by atoms with van der Waals surface area (Å²) in [5.41, 5.74) is 1.70. The zero-order valence-corrected chi connectivity index (χ0v) is 11.2. The molecule has 1 aromatic carbocycles. The van der Waals surface area contributed by atoms with Gasteiger partial charge in [0.05, 0.1) is 5.02 Å². The van der Waals surface area contributed by atoms with Gasteiger partial charge < -0.3 is 9.84 Å². The van der Waals surface area contributed by atoms with Gasteiger partial charge in [0.15, 0.2) is 0 Å². The molecule has 0 atom stereocenters. The summed E-state index contributed by atoms with van der Waals surface area (Å²) in [6.45, 7) is 2.14. The number of hydrogen-bond acceptors (Lipinski definition) is 3. The number of halogens is 1. The van der Waals surface area contributed by atoms with Crippen molar-refractivity contribution >= 4 is 28.9 Å². The molecule has 0 radical (unpaired) electrons. The second kappa shape index (κ2) is 5.42. The zero-order chi connectivity index (χ0) is 13.1. The van der Waals surface area contributed by atoms with Crippen LogP contribution < -0.4 is 4.74 Å². The van der Waals surface area contributed by atoms with Crippen LogP contribution in [0.25, 0.3) is 0 Å². The Bertz CT molecular complexity index is 577. The number of carboxylic acids is 1. The maximum Gasteiger partial charge on any atom is 0.346 e. The smallest absolute Gasteiger partial charge is 0.346 e. The summed E-state index contributed by atoms with van der Waals surface area (Å²) < 4.78 is 5.56. The standard InChI is InChI=1S/C13H11ClO3S/c1-8-2-3-10(14)11(6-8)17-7-9-4-5-18-12(9)13(15)16/h2-6H,7H2,1H3,(H,15,16). The van der Waals surface area contributed by atoms with Crippen molar-refractivity contribution in [2.45, 2.75) is 13.5 Å². The van der Waals surface area contributed by atoms with Crippen LogP contribution in [0.3, 0.4) is 0 Å². The maximum absolute atomic E-state index is 10.9. The van der Waals surface area contributed by atoms with Crippen molar-refractivity contribution in [3.05, 3.63) is 50.7 Å². The monoisotopic (exact) mass is 282 g/mol. The molecular formula is C13H11ClO3S. The first kappa shape index (κ1) is 12.9. The highest BCUT2D eigenvalue weighted by molar-refractivity contribution is 7.12. The van der Waals surface area contributed by atoms with Crippen LogP contribution in [0.1, 0.15) is 20.8 Å². The lowest BCUT2D eigenvalue weighted by Crippen LogP contribution is -2.02. The lowest BCUT2D eigenvalue weighted by Gasteiger charge is -2.08. The average molecular weight is 283 g/mol. The fourth-order valence-corrected chi connectivity index (χ4v) is 2.43. The Morgan fingerprint density at radius 1 is 1.44 bits per heavy atom. The molecule has 0 aliphatic carbocycles. The van der Waals surface area contributed by atoms with E-state index in [1.807, 2.05) is 19.1 Å². The first-order valence-corrected chi connectivity index (χ1v) is 6.52. The normalized spacial score (nSPS) is 10.3. The molecule has 0 aliphatic heterocycles. The zero-order valence-electron chi connectivity index (χ0n) is 9.64. The van der Waals surface area contributed by atoms with Crippen LogP contribution >= 0.6 is 22.9 Å². The molecule has 0 bridgehead atoms. The summed E-state index contributed by atoms with van der Waals surface area (Å²) in [6.07, 6.45) is 0. The van der Waals surface area contributed by atoms with Crippen molar-refractivity contribution in [2.75, 3.05) is 0 Å². The molecule has 0 saturated heterocycles. The minimum Gasteiger partial charge on any atom is -0.487 e. The second-order valence-corrected chi connectivity index (χ2v) is 5.13. The summed E-state index contributed by atoms with van der Waals surface area (Å²) in [5.74, 6) is -0.363. The van der Waals surface area contributed by atoms with Gasteiger partial charge in [-0.15, -0.1) is 11.3 Å². The lowest BCUT2D eigenvalue weighted by molar-refractivity contribution is 0.0699. The van der Waals surface area contributed by atoms with Gasteiger partial charge in [-0.25, -0.2) is 4.79 Å². The summed E-state index contributed by atoms with van der Waals surface area (Å²) in [6, 6.07) is 7.23. The summed E-state index contributed by atoms with van der Waals surface area (Å²) in [4.78, 5) is 11.2. The number of ether oxygens (including phenoxy) is 1. The molecule has 2 rings (SSSR count). The fraction of sp³-hybridized carbons (Fsp3) is 0.154. The largest absolute Gasteiger partial charge is 0.487 e. The average Bonchev–Trinajstić information content (AvgIpc) is 2.79. The van der Waals surface area contributed by atoms with Crippen molar-refractivity contribution in [3.63, 3.8) is 0 Å². The van der Waals surface area contributed by atoms with Crippen LogP contribution in [0.2, 0.25) is 5.02 Å². The van der Waals surface area contributed by atoms with E-state index in [0.717, 1.165) is 5.56 Å². The predicted octanol–water partition coefficient (Wildman–Crippen LogP) is 3.99. The van der Waals surface area contributed by atoms with Gasteiger partial charge in [0.2, 0.25) is 0 Å². The van der Waals surface area contributed by atoms with E-state index >= 15 is 0 Å². The molecule has 3 nitrogen and oxygen atoms in total. The molecule has 0 unspecified atom stereocenters. The SMILES string of the molecule is Cc1ccc(Cl)c(OCc2ccsc2C(=O)O)c1. The van der Waals surface area contributed by atoms with Crippen molar-refractivity contribution in [1.82, 2.24) is 0 Å². The molecule has 1 aromatic heterocycles. The molecule has 5 heteroatoms. The van der Waals surface area contributed by atoms with Crippen molar-refractivity contribution in [2.24, 2.45) is 0 Å². The molecule has 0 saturated carbocycles. The molecule has 2 aromatic rings. The minimum absolute atomic E-state index is 0.203. The molecule has 1 N–H and O–H groups in total. The van der Waals surface area contributed by atoms with E-state index in [2.05, 4.69) is 0 Å². The van der Waals surface area contributed by atoms with Crippen LogP contribution in [0.4, 0.5) is 0 Å². The van der Waals surface area contributed by atoms with Crippen molar-refractivity contribution in [1.29, 1.82) is 0 Å². The molecular weight excluding hydrogens is 272 g/mol. The van der Waals surface area contributed by atoms with Gasteiger partial charge in [-0.2, -0.15) is 0 Å². The number of aryl methyl sites for hydroxylation is 1. The van der Waals surface area contributed by atoms with Gasteiger partial charge in [-0.1, -0.05) is 17.7 Å². The Morgan fingerprint density at radius 3 is 2.94 bits per heavy atom. The quantitative estimate of drug-likeness (QED) is 0.922. The number of carbonyl (C=O) groups is 1. The van der Waals surface area contributed by atoms with E-state index in [1.165, 1.54) is 11.3 Å². The Balaban J connectivity index is 2.14. The highest BCUT2D eigenvalue weighted by Crippen LogP contribution is 2.27. The number of carboxylic acid groups (broad SMARTS) is 1. The molecule has 18 heavy (non-hydrogen) atoms. The van der Waals surface area contributed by atoms with E-state index in [-0.39, 0.29) is 6.61 Å². The molecule has 1 heterocycles. The fourth-order valence-electron chi connectivity index (χ4n) is 1.51. The summed E-state index contributed by atoms with van der Waals surface area (Å²) in [5, 5.41) is 11.2. The van der Waals surface area contributed by atoms with Gasteiger partial charge in [-0.3, -0.25) is 0 Å². The summed E-state index contributed by atoms with van der Waals surface area (Å²) >= 11 is 7.19. The van der Waals surface area contributed by atoms with E-state index in [0.29, 0.717) is 21.2 Å². The van der Waals surface area contributed by atoms with Gasteiger partial charge in [-0.05, 0) is 36.1 Å². The van der Waals surface area contributed by atoms with Crippen LogP contribution in [-0.2, 0) is 6.61 Å². The summed E-state index contributed by atoms with van der Waals surface area (Å²) in [7, 11) is 0. The highest BCUT2D eigenvalue weighted by atomic mass is 35.5. The van der Waals surface area contributed by atoms with Crippen LogP contribution in [0, 0.1) is 6.92 Å². The third-order valence-electron chi connectivity index (χ3n) is 2.41. The third kappa shape index (κ3) is 2.83. The maximum atomic E-state index is 10.9. The topological polar surface area (TPSA) is 46.5 Å².